The third kappa shape index (κ3) is 5.21. The molecule has 0 aliphatic rings. The van der Waals surface area contributed by atoms with Crippen molar-refractivity contribution >= 4 is 12.0 Å². The first-order valence-electron chi connectivity index (χ1n) is 4.80. The summed E-state index contributed by atoms with van der Waals surface area (Å²) in [6.45, 7) is 4.64. The van der Waals surface area contributed by atoms with Crippen LogP contribution in [-0.2, 0) is 9.53 Å². The number of carboxylic acids is 1. The van der Waals surface area contributed by atoms with Crippen LogP contribution in [0.15, 0.2) is 0 Å². The molecular formula is C9H18N2O4. The molecule has 0 bridgehead atoms. The van der Waals surface area contributed by atoms with Crippen molar-refractivity contribution in [2.24, 2.45) is 0 Å². The molecule has 0 unspecified atom stereocenters. The largest absolute Gasteiger partial charge is 0.480 e. The molecule has 0 aromatic rings. The smallest absolute Gasteiger partial charge is 0.325 e. The minimum Gasteiger partial charge on any atom is -0.480 e. The van der Waals surface area contributed by atoms with Gasteiger partial charge in [-0.15, -0.1) is 0 Å². The van der Waals surface area contributed by atoms with Crippen LogP contribution in [0.4, 0.5) is 4.79 Å². The number of rotatable bonds is 6. The van der Waals surface area contributed by atoms with Crippen LogP contribution in [0.25, 0.3) is 0 Å². The molecular weight excluding hydrogens is 200 g/mol. The minimum atomic E-state index is -1.05. The van der Waals surface area contributed by atoms with Crippen LogP contribution in [0.2, 0.25) is 0 Å². The van der Waals surface area contributed by atoms with Gasteiger partial charge in [0.15, 0.2) is 0 Å². The molecule has 15 heavy (non-hydrogen) atoms. The Morgan fingerprint density at radius 2 is 2.13 bits per heavy atom. The van der Waals surface area contributed by atoms with Gasteiger partial charge in [0.1, 0.15) is 6.04 Å². The van der Waals surface area contributed by atoms with Crippen LogP contribution in [0, 0.1) is 0 Å². The molecule has 0 radical (unpaired) electrons. The highest BCUT2D eigenvalue weighted by atomic mass is 16.5. The van der Waals surface area contributed by atoms with E-state index in [2.05, 4.69) is 5.32 Å². The summed E-state index contributed by atoms with van der Waals surface area (Å²) < 4.78 is 4.84. The van der Waals surface area contributed by atoms with Crippen molar-refractivity contribution < 1.29 is 19.4 Å². The van der Waals surface area contributed by atoms with E-state index < -0.39 is 12.0 Å². The zero-order valence-electron chi connectivity index (χ0n) is 9.32. The summed E-state index contributed by atoms with van der Waals surface area (Å²) in [5.41, 5.74) is 0. The van der Waals surface area contributed by atoms with E-state index in [0.29, 0.717) is 19.7 Å². The second-order valence-electron chi connectivity index (χ2n) is 3.08. The van der Waals surface area contributed by atoms with Gasteiger partial charge in [0, 0.05) is 20.2 Å². The van der Waals surface area contributed by atoms with Crippen molar-refractivity contribution in [1.82, 2.24) is 10.2 Å². The number of urea groups is 1. The number of amides is 2. The Bertz CT molecular complexity index is 220. The lowest BCUT2D eigenvalue weighted by molar-refractivity contribution is -0.138. The molecule has 88 valence electrons. The van der Waals surface area contributed by atoms with Gasteiger partial charge in [-0.25, -0.2) is 4.79 Å². The number of carbonyl (C=O) groups is 2. The van der Waals surface area contributed by atoms with Crippen molar-refractivity contribution in [1.29, 1.82) is 0 Å². The zero-order chi connectivity index (χ0) is 11.8. The first kappa shape index (κ1) is 13.7. The van der Waals surface area contributed by atoms with Crippen molar-refractivity contribution in [3.63, 3.8) is 0 Å². The Morgan fingerprint density at radius 1 is 1.53 bits per heavy atom. The maximum Gasteiger partial charge on any atom is 0.325 e. The number of carboxylic acid groups (broad SMARTS) is 1. The number of methoxy groups -OCH3 is 1. The molecule has 0 saturated heterocycles. The maximum atomic E-state index is 11.5. The van der Waals surface area contributed by atoms with Gasteiger partial charge in [-0.2, -0.15) is 0 Å². The molecule has 0 aliphatic carbocycles. The van der Waals surface area contributed by atoms with Crippen LogP contribution in [-0.4, -0.2) is 54.9 Å². The van der Waals surface area contributed by atoms with E-state index in [1.165, 1.54) is 11.8 Å². The molecule has 0 heterocycles. The maximum absolute atomic E-state index is 11.5. The lowest BCUT2D eigenvalue weighted by Gasteiger charge is -2.22. The number of hydrogen-bond donors (Lipinski definition) is 2. The van der Waals surface area contributed by atoms with E-state index in [0.717, 1.165) is 0 Å². The van der Waals surface area contributed by atoms with Gasteiger partial charge in [-0.3, -0.25) is 4.79 Å². The fraction of sp³-hybridized carbons (Fsp3) is 0.778. The Morgan fingerprint density at radius 3 is 2.53 bits per heavy atom. The van der Waals surface area contributed by atoms with Crippen molar-refractivity contribution in [3.8, 4) is 0 Å². The number of likely N-dealkylation sites (N-methyl/N-ethyl adjacent to an activating group) is 1. The number of nitrogens with zero attached hydrogens (tertiary/aromatic N) is 1. The molecule has 1 atom stereocenters. The summed E-state index contributed by atoms with van der Waals surface area (Å²) in [5, 5.41) is 11.0. The molecule has 0 rings (SSSR count). The van der Waals surface area contributed by atoms with Crippen LogP contribution in [0.3, 0.4) is 0 Å². The topological polar surface area (TPSA) is 78.9 Å². The lowest BCUT2D eigenvalue weighted by Crippen LogP contribution is -2.47. The van der Waals surface area contributed by atoms with E-state index >= 15 is 0 Å². The summed E-state index contributed by atoms with van der Waals surface area (Å²) in [5.74, 6) is -1.05. The summed E-state index contributed by atoms with van der Waals surface area (Å²) in [6.07, 6.45) is 0. The summed E-state index contributed by atoms with van der Waals surface area (Å²) in [4.78, 5) is 23.5. The number of ether oxygens (including phenoxy) is 1. The Balaban J connectivity index is 4.09. The van der Waals surface area contributed by atoms with Gasteiger partial charge >= 0.3 is 12.0 Å². The van der Waals surface area contributed by atoms with E-state index in [1.807, 2.05) is 6.92 Å². The average Bonchev–Trinajstić information content (AvgIpc) is 2.18. The first-order valence-corrected chi connectivity index (χ1v) is 4.80. The number of nitrogens with one attached hydrogen (secondary N) is 1. The third-order valence-corrected chi connectivity index (χ3v) is 1.94. The molecule has 0 fully saturated rings. The second-order valence-corrected chi connectivity index (χ2v) is 3.08. The highest BCUT2D eigenvalue weighted by Crippen LogP contribution is 1.91. The van der Waals surface area contributed by atoms with Crippen molar-refractivity contribution in [2.75, 3.05) is 26.8 Å². The lowest BCUT2D eigenvalue weighted by atomic mass is 10.3. The van der Waals surface area contributed by atoms with Gasteiger partial charge in [0.05, 0.1) is 6.61 Å². The van der Waals surface area contributed by atoms with Gasteiger partial charge in [-0.05, 0) is 13.8 Å². The van der Waals surface area contributed by atoms with Crippen LogP contribution in [0.1, 0.15) is 13.8 Å². The monoisotopic (exact) mass is 218 g/mol. The SMILES string of the molecule is CCN(CCOC)C(=O)N[C@@H](C)C(=O)O. The zero-order valence-corrected chi connectivity index (χ0v) is 9.32. The van der Waals surface area contributed by atoms with Gasteiger partial charge in [0.2, 0.25) is 0 Å². The Labute approximate surface area is 89.2 Å². The van der Waals surface area contributed by atoms with Crippen molar-refractivity contribution in [2.45, 2.75) is 19.9 Å². The highest BCUT2D eigenvalue weighted by molar-refractivity contribution is 5.82. The molecule has 2 amide bonds. The summed E-state index contributed by atoms with van der Waals surface area (Å²) >= 11 is 0. The first-order chi connectivity index (χ1) is 7.02. The van der Waals surface area contributed by atoms with Crippen molar-refractivity contribution in [3.05, 3.63) is 0 Å². The average molecular weight is 218 g/mol. The fourth-order valence-electron chi connectivity index (χ4n) is 0.943. The van der Waals surface area contributed by atoms with E-state index in [4.69, 9.17) is 9.84 Å². The number of carbonyl (C=O) groups excluding carboxylic acids is 1. The normalized spacial score (nSPS) is 11.9. The van der Waals surface area contributed by atoms with Gasteiger partial charge in [0.25, 0.3) is 0 Å². The second kappa shape index (κ2) is 7.05. The molecule has 0 aliphatic heterocycles. The molecule has 0 saturated carbocycles. The molecule has 0 aromatic carbocycles. The van der Waals surface area contributed by atoms with Crippen LogP contribution >= 0.6 is 0 Å². The Hall–Kier alpha value is -1.30. The van der Waals surface area contributed by atoms with E-state index in [-0.39, 0.29) is 6.03 Å². The standard InChI is InChI=1S/C9H18N2O4/c1-4-11(5-6-15-3)9(14)10-7(2)8(12)13/h7H,4-6H2,1-3H3,(H,10,14)(H,12,13)/t7-/m0/s1. The van der Waals surface area contributed by atoms with Crippen LogP contribution < -0.4 is 5.32 Å². The molecule has 2 N–H and O–H groups in total. The quantitative estimate of drug-likeness (QED) is 0.664. The third-order valence-electron chi connectivity index (χ3n) is 1.94. The predicted octanol–water partition coefficient (Wildman–Crippen LogP) is 0.137. The Kier molecular flexibility index (Phi) is 6.44. The molecule has 6 nitrogen and oxygen atoms in total. The molecule has 0 spiro atoms. The number of aliphatic carboxylic acids is 1. The predicted molar refractivity (Wildman–Crippen MR) is 54.8 cm³/mol. The highest BCUT2D eigenvalue weighted by Gasteiger charge is 2.17. The van der Waals surface area contributed by atoms with E-state index in [9.17, 15) is 9.59 Å². The fourth-order valence-corrected chi connectivity index (χ4v) is 0.943. The van der Waals surface area contributed by atoms with Gasteiger partial charge in [-0.1, -0.05) is 0 Å². The van der Waals surface area contributed by atoms with E-state index in [1.54, 1.807) is 7.11 Å². The molecule has 6 heteroatoms. The minimum absolute atomic E-state index is 0.385. The number of hydrogen-bond acceptors (Lipinski definition) is 3. The molecule has 0 aromatic heterocycles. The van der Waals surface area contributed by atoms with Gasteiger partial charge < -0.3 is 20.1 Å². The summed E-state index contributed by atoms with van der Waals surface area (Å²) in [6, 6.07) is -1.27. The summed E-state index contributed by atoms with van der Waals surface area (Å²) in [7, 11) is 1.55. The van der Waals surface area contributed by atoms with Crippen LogP contribution in [0.5, 0.6) is 0 Å².